The summed E-state index contributed by atoms with van der Waals surface area (Å²) in [5, 5.41) is 9.78. The first-order valence-electron chi connectivity index (χ1n) is 8.52. The fraction of sp³-hybridized carbons (Fsp3) is 0.389. The van der Waals surface area contributed by atoms with Crippen LogP contribution in [-0.2, 0) is 4.79 Å². The first kappa shape index (κ1) is 19.2. The van der Waals surface area contributed by atoms with Crippen molar-refractivity contribution in [3.63, 3.8) is 0 Å². The first-order valence-corrected chi connectivity index (χ1v) is 10.3. The zero-order valence-corrected chi connectivity index (χ0v) is 17.5. The highest BCUT2D eigenvalue weighted by Crippen LogP contribution is 2.54. The van der Waals surface area contributed by atoms with Gasteiger partial charge in [-0.1, -0.05) is 48.8 Å². The Morgan fingerprint density at radius 1 is 1.36 bits per heavy atom. The Morgan fingerprint density at radius 3 is 2.68 bits per heavy atom. The van der Waals surface area contributed by atoms with E-state index in [0.717, 1.165) is 0 Å². The minimum absolute atomic E-state index is 0.0154. The van der Waals surface area contributed by atoms with E-state index in [1.54, 1.807) is 4.90 Å². The van der Waals surface area contributed by atoms with E-state index < -0.39 is 6.04 Å². The third-order valence-corrected chi connectivity index (χ3v) is 7.06. The molecule has 3 heterocycles. The molecule has 0 bridgehead atoms. The van der Waals surface area contributed by atoms with Crippen molar-refractivity contribution in [1.29, 1.82) is 5.26 Å². The van der Waals surface area contributed by atoms with Crippen molar-refractivity contribution in [2.24, 2.45) is 5.41 Å². The van der Waals surface area contributed by atoms with Crippen LogP contribution >= 0.6 is 35.0 Å². The molecule has 0 saturated heterocycles. The number of nitrogens with zero attached hydrogens (tertiary/aromatic N) is 3. The molecule has 0 amide bonds. The Bertz CT molecular complexity index is 1030. The van der Waals surface area contributed by atoms with Gasteiger partial charge in [0.2, 0.25) is 5.88 Å². The minimum atomic E-state index is -0.640. The van der Waals surface area contributed by atoms with E-state index in [4.69, 9.17) is 39.4 Å². The molecule has 0 aromatic carbocycles. The molecule has 0 radical (unpaired) electrons. The van der Waals surface area contributed by atoms with Gasteiger partial charge in [0.05, 0.1) is 28.7 Å². The average molecular weight is 438 g/mol. The number of thioether (sulfide) groups is 1. The van der Waals surface area contributed by atoms with E-state index >= 15 is 0 Å². The number of hydrogen-bond donors (Lipinski definition) is 2. The van der Waals surface area contributed by atoms with Crippen LogP contribution < -0.4 is 16.2 Å². The molecule has 0 fully saturated rings. The molecule has 0 saturated carbocycles. The third kappa shape index (κ3) is 2.81. The molecule has 1 aromatic rings. The Morgan fingerprint density at radius 2 is 2.07 bits per heavy atom. The lowest BCUT2D eigenvalue weighted by Gasteiger charge is -2.41. The zero-order valence-electron chi connectivity index (χ0n) is 15.2. The van der Waals surface area contributed by atoms with Gasteiger partial charge in [0.25, 0.3) is 0 Å². The molecule has 1 aliphatic carbocycles. The van der Waals surface area contributed by atoms with Crippen LogP contribution in [0.15, 0.2) is 20.9 Å². The molecule has 3 aliphatic rings. The van der Waals surface area contributed by atoms with Crippen LogP contribution in [0.3, 0.4) is 0 Å². The number of nitriles is 1. The van der Waals surface area contributed by atoms with E-state index in [0.29, 0.717) is 45.1 Å². The normalized spacial score (nSPS) is 23.3. The van der Waals surface area contributed by atoms with Crippen LogP contribution in [0.4, 0.5) is 11.5 Å². The number of nitrogen functional groups attached to an aromatic ring is 2. The number of pyridine rings is 1. The fourth-order valence-electron chi connectivity index (χ4n) is 3.86. The summed E-state index contributed by atoms with van der Waals surface area (Å²) in [7, 11) is 0. The van der Waals surface area contributed by atoms with Crippen molar-refractivity contribution in [3.8, 4) is 11.9 Å². The van der Waals surface area contributed by atoms with E-state index in [2.05, 4.69) is 4.98 Å². The summed E-state index contributed by atoms with van der Waals surface area (Å²) in [4.78, 5) is 19.2. The number of halogens is 2. The second kappa shape index (κ2) is 6.48. The maximum Gasteiger partial charge on any atom is 0.228 e. The van der Waals surface area contributed by atoms with E-state index in [9.17, 15) is 10.1 Å². The van der Waals surface area contributed by atoms with Crippen molar-refractivity contribution < 1.29 is 9.53 Å². The number of Topliss-reactive ketones (excluding diaryl/α,β-unsaturated/α-hetero) is 1. The van der Waals surface area contributed by atoms with Crippen molar-refractivity contribution in [2.75, 3.05) is 17.3 Å². The zero-order chi connectivity index (χ0) is 20.4. The molecule has 28 heavy (non-hydrogen) atoms. The van der Waals surface area contributed by atoms with Gasteiger partial charge < -0.3 is 21.1 Å². The quantitative estimate of drug-likeness (QED) is 0.636. The molecule has 1 unspecified atom stereocenters. The largest absolute Gasteiger partial charge is 0.442 e. The van der Waals surface area contributed by atoms with E-state index in [1.165, 1.54) is 11.8 Å². The Kier molecular flexibility index (Phi) is 4.45. The lowest BCUT2D eigenvalue weighted by molar-refractivity contribution is -0.119. The highest BCUT2D eigenvalue weighted by molar-refractivity contribution is 8.04. The van der Waals surface area contributed by atoms with Crippen molar-refractivity contribution >= 4 is 52.3 Å². The number of rotatable bonds is 1. The van der Waals surface area contributed by atoms with Gasteiger partial charge in [-0.25, -0.2) is 0 Å². The SMILES string of the molecule is CC1(C)CC(=O)C2=C(C1)Oc1nc(N)c(C#N)c(N)c1C2N1CSC(Cl)=C1Cl. The molecule has 4 rings (SSSR count). The van der Waals surface area contributed by atoms with Gasteiger partial charge in [-0.05, 0) is 5.41 Å². The minimum Gasteiger partial charge on any atom is -0.442 e. The molecule has 4 N–H and O–H groups in total. The number of ether oxygens (including phenoxy) is 1. The fourth-order valence-corrected chi connectivity index (χ4v) is 5.28. The first-order chi connectivity index (χ1) is 13.1. The summed E-state index contributed by atoms with van der Waals surface area (Å²) in [5.74, 6) is 1.10. The number of nitrogens with two attached hydrogens (primary N) is 2. The lowest BCUT2D eigenvalue weighted by atomic mass is 9.73. The molecule has 10 heteroatoms. The highest BCUT2D eigenvalue weighted by atomic mass is 35.5. The number of allylic oxidation sites excluding steroid dienone is 1. The highest BCUT2D eigenvalue weighted by Gasteiger charge is 2.47. The summed E-state index contributed by atoms with van der Waals surface area (Å²) in [6.07, 6.45) is 0.923. The van der Waals surface area contributed by atoms with Gasteiger partial charge in [-0.2, -0.15) is 10.2 Å². The van der Waals surface area contributed by atoms with Gasteiger partial charge in [-0.15, -0.1) is 0 Å². The summed E-state index contributed by atoms with van der Waals surface area (Å²) >= 11 is 14.0. The number of aromatic nitrogens is 1. The second-order valence-corrected chi connectivity index (χ2v) is 9.62. The van der Waals surface area contributed by atoms with Crippen LogP contribution in [-0.4, -0.2) is 21.5 Å². The van der Waals surface area contributed by atoms with Crippen LogP contribution in [0.2, 0.25) is 0 Å². The summed E-state index contributed by atoms with van der Waals surface area (Å²) in [6, 6.07) is 1.34. The predicted molar refractivity (Wildman–Crippen MR) is 109 cm³/mol. The maximum absolute atomic E-state index is 13.1. The topological polar surface area (TPSA) is 118 Å². The van der Waals surface area contributed by atoms with E-state index in [1.807, 2.05) is 19.9 Å². The molecule has 1 aromatic heterocycles. The Labute approximate surface area is 176 Å². The second-order valence-electron chi connectivity index (χ2n) is 7.71. The van der Waals surface area contributed by atoms with Crippen molar-refractivity contribution in [2.45, 2.75) is 32.7 Å². The average Bonchev–Trinajstić information content (AvgIpc) is 2.91. The monoisotopic (exact) mass is 437 g/mol. The van der Waals surface area contributed by atoms with Crippen LogP contribution in [0.1, 0.15) is 43.9 Å². The standard InChI is InChI=1S/C18H17Cl2N5O2S/c1-18(2)3-8(26)10-9(4-18)27-17-11(12(22)7(5-21)16(23)24-17)13(10)25-6-28-15(20)14(25)19/h13H,3-4,6H2,1-2H3,(H4,22,23,24). The number of carbonyl (C=O) groups is 1. The lowest BCUT2D eigenvalue weighted by Crippen LogP contribution is -2.38. The predicted octanol–water partition coefficient (Wildman–Crippen LogP) is 3.80. The molecule has 7 nitrogen and oxygen atoms in total. The summed E-state index contributed by atoms with van der Waals surface area (Å²) in [6.45, 7) is 4.01. The van der Waals surface area contributed by atoms with Crippen molar-refractivity contribution in [3.05, 3.63) is 32.0 Å². The maximum atomic E-state index is 13.1. The Hall–Kier alpha value is -2.08. The van der Waals surface area contributed by atoms with Crippen LogP contribution in [0.5, 0.6) is 5.88 Å². The van der Waals surface area contributed by atoms with Crippen molar-refractivity contribution in [1.82, 2.24) is 9.88 Å². The summed E-state index contributed by atoms with van der Waals surface area (Å²) < 4.78 is 6.44. The van der Waals surface area contributed by atoms with Gasteiger partial charge in [0, 0.05) is 12.8 Å². The Balaban J connectivity index is 1.99. The van der Waals surface area contributed by atoms with Crippen LogP contribution in [0, 0.1) is 16.7 Å². The molecular formula is C18H17Cl2N5O2S. The van der Waals surface area contributed by atoms with E-state index in [-0.39, 0.29) is 34.1 Å². The third-order valence-electron chi connectivity index (χ3n) is 5.08. The number of carbonyl (C=O) groups excluding carboxylic acids is 1. The number of hydrogen-bond acceptors (Lipinski definition) is 8. The van der Waals surface area contributed by atoms with Crippen LogP contribution in [0.25, 0.3) is 0 Å². The van der Waals surface area contributed by atoms with Gasteiger partial charge in [0.15, 0.2) is 5.78 Å². The molecule has 0 spiro atoms. The molecule has 1 atom stereocenters. The number of ketones is 1. The molecular weight excluding hydrogens is 421 g/mol. The smallest absolute Gasteiger partial charge is 0.228 e. The molecule has 2 aliphatic heterocycles. The van der Waals surface area contributed by atoms with Gasteiger partial charge >= 0.3 is 0 Å². The summed E-state index contributed by atoms with van der Waals surface area (Å²) in [5.41, 5.74) is 13.0. The van der Waals surface area contributed by atoms with Gasteiger partial charge in [-0.3, -0.25) is 4.79 Å². The number of fused-ring (bicyclic) bond motifs is 1. The number of anilines is 2. The van der Waals surface area contributed by atoms with Gasteiger partial charge in [0.1, 0.15) is 32.7 Å². The molecule has 146 valence electrons.